The van der Waals surface area contributed by atoms with E-state index in [4.69, 9.17) is 10.5 Å². The van der Waals surface area contributed by atoms with Gasteiger partial charge in [-0.25, -0.2) is 0 Å². The Morgan fingerprint density at radius 2 is 2.15 bits per heavy atom. The topological polar surface area (TPSA) is 82.2 Å². The van der Waals surface area contributed by atoms with Crippen LogP contribution in [0.2, 0.25) is 0 Å². The van der Waals surface area contributed by atoms with Crippen molar-refractivity contribution in [1.82, 2.24) is 9.78 Å². The number of carbonyl (C=O) groups is 1. The van der Waals surface area contributed by atoms with E-state index in [1.165, 1.54) is 7.11 Å². The number of hydrogen-bond acceptors (Lipinski definition) is 4. The second-order valence-corrected chi connectivity index (χ2v) is 5.93. The Kier molecular flexibility index (Phi) is 7.19. The fourth-order valence-electron chi connectivity index (χ4n) is 1.75. The normalized spacial score (nSPS) is 12.7. The van der Waals surface area contributed by atoms with Gasteiger partial charge in [-0.2, -0.15) is 5.10 Å². The van der Waals surface area contributed by atoms with E-state index >= 15 is 0 Å². The first kappa shape index (κ1) is 18.9. The number of nitrogens with one attached hydrogen (secondary N) is 1. The standard InChI is InChI=1S/C13H24N4O2.ClH/c1-13(2,3)7-9-6-11(17(4)16-9)15-12(18)10(14)8-19-5;/h6,10H,7-8,14H2,1-5H3,(H,15,18);1H. The lowest BCUT2D eigenvalue weighted by molar-refractivity contribution is -0.118. The summed E-state index contributed by atoms with van der Waals surface area (Å²) in [4.78, 5) is 11.8. The molecule has 0 aliphatic rings. The Morgan fingerprint density at radius 1 is 1.55 bits per heavy atom. The lowest BCUT2D eigenvalue weighted by atomic mass is 9.91. The van der Waals surface area contributed by atoms with Crippen LogP contribution in [0.15, 0.2) is 6.07 Å². The molecule has 0 aromatic carbocycles. The molecule has 0 bridgehead atoms. The number of hydrogen-bond donors (Lipinski definition) is 2. The first-order valence-electron chi connectivity index (χ1n) is 6.31. The largest absolute Gasteiger partial charge is 0.383 e. The molecule has 0 radical (unpaired) electrons. The summed E-state index contributed by atoms with van der Waals surface area (Å²) in [6.07, 6.45) is 0.848. The summed E-state index contributed by atoms with van der Waals surface area (Å²) >= 11 is 0. The van der Waals surface area contributed by atoms with Gasteiger partial charge in [-0.3, -0.25) is 9.48 Å². The van der Waals surface area contributed by atoms with Crippen LogP contribution in [-0.4, -0.2) is 35.4 Å². The van der Waals surface area contributed by atoms with Gasteiger partial charge in [-0.1, -0.05) is 20.8 Å². The molecule has 1 rings (SSSR count). The van der Waals surface area contributed by atoms with Gasteiger partial charge in [0.2, 0.25) is 5.91 Å². The predicted molar refractivity (Wildman–Crippen MR) is 82.1 cm³/mol. The molecule has 0 aliphatic carbocycles. The number of nitrogens with zero attached hydrogens (tertiary/aromatic N) is 2. The van der Waals surface area contributed by atoms with E-state index < -0.39 is 6.04 Å². The minimum Gasteiger partial charge on any atom is -0.383 e. The van der Waals surface area contributed by atoms with Crippen LogP contribution in [-0.2, 0) is 23.0 Å². The number of carbonyl (C=O) groups excluding carboxylic acids is 1. The summed E-state index contributed by atoms with van der Waals surface area (Å²) in [5.74, 6) is 0.378. The molecule has 116 valence electrons. The van der Waals surface area contributed by atoms with Crippen LogP contribution >= 0.6 is 12.4 Å². The van der Waals surface area contributed by atoms with E-state index in [1.54, 1.807) is 11.7 Å². The molecule has 0 spiro atoms. The van der Waals surface area contributed by atoms with E-state index in [0.717, 1.165) is 12.1 Å². The van der Waals surface area contributed by atoms with Crippen molar-refractivity contribution >= 4 is 24.1 Å². The highest BCUT2D eigenvalue weighted by Gasteiger charge is 2.18. The van der Waals surface area contributed by atoms with Crippen molar-refractivity contribution < 1.29 is 9.53 Å². The van der Waals surface area contributed by atoms with Gasteiger partial charge in [-0.15, -0.1) is 12.4 Å². The Bertz CT molecular complexity index is 440. The third kappa shape index (κ3) is 5.90. The van der Waals surface area contributed by atoms with Crippen LogP contribution in [0.3, 0.4) is 0 Å². The number of aryl methyl sites for hydroxylation is 1. The zero-order chi connectivity index (χ0) is 14.6. The zero-order valence-electron chi connectivity index (χ0n) is 12.8. The molecule has 1 heterocycles. The van der Waals surface area contributed by atoms with Gasteiger partial charge >= 0.3 is 0 Å². The number of nitrogens with two attached hydrogens (primary N) is 1. The number of halogens is 1. The van der Waals surface area contributed by atoms with Gasteiger partial charge in [-0.05, 0) is 11.8 Å². The first-order chi connectivity index (χ1) is 8.73. The fourth-order valence-corrected chi connectivity index (χ4v) is 1.75. The van der Waals surface area contributed by atoms with Crippen molar-refractivity contribution in [3.05, 3.63) is 11.8 Å². The number of aromatic nitrogens is 2. The average Bonchev–Trinajstić information content (AvgIpc) is 2.56. The van der Waals surface area contributed by atoms with Crippen molar-refractivity contribution in [1.29, 1.82) is 0 Å². The highest BCUT2D eigenvalue weighted by atomic mass is 35.5. The number of methoxy groups -OCH3 is 1. The number of rotatable bonds is 5. The Hall–Kier alpha value is -1.11. The van der Waals surface area contributed by atoms with Crippen LogP contribution in [0.4, 0.5) is 5.82 Å². The molecule has 6 nitrogen and oxygen atoms in total. The second-order valence-electron chi connectivity index (χ2n) is 5.93. The number of anilines is 1. The summed E-state index contributed by atoms with van der Waals surface area (Å²) in [7, 11) is 3.31. The van der Waals surface area contributed by atoms with Crippen molar-refractivity contribution in [2.45, 2.75) is 33.2 Å². The number of ether oxygens (including phenoxy) is 1. The van der Waals surface area contributed by atoms with E-state index in [2.05, 4.69) is 31.2 Å². The highest BCUT2D eigenvalue weighted by Crippen LogP contribution is 2.21. The van der Waals surface area contributed by atoms with Gasteiger partial charge in [0.15, 0.2) is 0 Å². The predicted octanol–water partition coefficient (Wildman–Crippen LogP) is 1.34. The lowest BCUT2D eigenvalue weighted by Gasteiger charge is -2.15. The molecule has 0 saturated carbocycles. The molecule has 20 heavy (non-hydrogen) atoms. The molecule has 1 atom stereocenters. The van der Waals surface area contributed by atoms with Gasteiger partial charge in [0.25, 0.3) is 0 Å². The van der Waals surface area contributed by atoms with Gasteiger partial charge in [0.05, 0.1) is 12.3 Å². The molecule has 1 aromatic heterocycles. The zero-order valence-corrected chi connectivity index (χ0v) is 13.6. The smallest absolute Gasteiger partial charge is 0.244 e. The van der Waals surface area contributed by atoms with Crippen LogP contribution < -0.4 is 11.1 Å². The lowest BCUT2D eigenvalue weighted by Crippen LogP contribution is -2.39. The molecule has 3 N–H and O–H groups in total. The summed E-state index contributed by atoms with van der Waals surface area (Å²) in [5.41, 5.74) is 6.77. The Balaban J connectivity index is 0.00000361. The number of amides is 1. The maximum atomic E-state index is 11.8. The minimum absolute atomic E-state index is 0. The summed E-state index contributed by atoms with van der Waals surface area (Å²) in [6.45, 7) is 6.63. The maximum Gasteiger partial charge on any atom is 0.244 e. The van der Waals surface area contributed by atoms with Gasteiger partial charge in [0, 0.05) is 20.2 Å². The van der Waals surface area contributed by atoms with Crippen molar-refractivity contribution in [2.75, 3.05) is 19.0 Å². The molecule has 0 fully saturated rings. The van der Waals surface area contributed by atoms with E-state index in [-0.39, 0.29) is 30.3 Å². The minimum atomic E-state index is -0.675. The van der Waals surface area contributed by atoms with E-state index in [1.807, 2.05) is 6.07 Å². The summed E-state index contributed by atoms with van der Waals surface area (Å²) in [5, 5.41) is 7.14. The molecule has 0 aliphatic heterocycles. The van der Waals surface area contributed by atoms with E-state index in [0.29, 0.717) is 5.82 Å². The fraction of sp³-hybridized carbons (Fsp3) is 0.692. The van der Waals surface area contributed by atoms with Crippen molar-refractivity contribution in [3.63, 3.8) is 0 Å². The Labute approximate surface area is 126 Å². The summed E-state index contributed by atoms with van der Waals surface area (Å²) in [6, 6.07) is 1.20. The maximum absolute atomic E-state index is 11.8. The molecule has 1 aromatic rings. The SMILES string of the molecule is COCC(N)C(=O)Nc1cc(CC(C)(C)C)nn1C.Cl. The molecular weight excluding hydrogens is 280 g/mol. The third-order valence-electron chi connectivity index (χ3n) is 2.58. The third-order valence-corrected chi connectivity index (χ3v) is 2.58. The molecule has 1 amide bonds. The van der Waals surface area contributed by atoms with Crippen LogP contribution in [0, 0.1) is 5.41 Å². The molecule has 7 heteroatoms. The molecule has 0 saturated heterocycles. The molecule has 1 unspecified atom stereocenters. The van der Waals surface area contributed by atoms with Crippen molar-refractivity contribution in [3.8, 4) is 0 Å². The van der Waals surface area contributed by atoms with Crippen molar-refractivity contribution in [2.24, 2.45) is 18.2 Å². The van der Waals surface area contributed by atoms with Crippen LogP contribution in [0.5, 0.6) is 0 Å². The summed E-state index contributed by atoms with van der Waals surface area (Å²) < 4.78 is 6.51. The second kappa shape index (κ2) is 7.61. The average molecular weight is 305 g/mol. The highest BCUT2D eigenvalue weighted by molar-refractivity contribution is 5.94. The molecular formula is C13H25ClN4O2. The quantitative estimate of drug-likeness (QED) is 0.860. The Morgan fingerprint density at radius 3 is 2.65 bits per heavy atom. The van der Waals surface area contributed by atoms with Gasteiger partial charge in [0.1, 0.15) is 11.9 Å². The van der Waals surface area contributed by atoms with E-state index in [9.17, 15) is 4.79 Å². The monoisotopic (exact) mass is 304 g/mol. The first-order valence-corrected chi connectivity index (χ1v) is 6.31. The van der Waals surface area contributed by atoms with Crippen LogP contribution in [0.25, 0.3) is 0 Å². The van der Waals surface area contributed by atoms with Gasteiger partial charge < -0.3 is 15.8 Å². The van der Waals surface area contributed by atoms with Crippen LogP contribution in [0.1, 0.15) is 26.5 Å².